The van der Waals surface area contributed by atoms with Crippen LogP contribution in [-0.2, 0) is 0 Å². The van der Waals surface area contributed by atoms with E-state index >= 15 is 0 Å². The average molecular weight is 227 g/mol. The van der Waals surface area contributed by atoms with Crippen LogP contribution in [0, 0.1) is 5.92 Å². The molecule has 1 heterocycles. The molecular weight excluding hydrogens is 202 g/mol. The summed E-state index contributed by atoms with van der Waals surface area (Å²) < 4.78 is 0. The van der Waals surface area contributed by atoms with E-state index in [4.69, 9.17) is 0 Å². The van der Waals surface area contributed by atoms with Crippen LogP contribution in [-0.4, -0.2) is 23.6 Å². The Morgan fingerprint density at radius 3 is 2.33 bits per heavy atom. The van der Waals surface area contributed by atoms with Gasteiger partial charge in [0.25, 0.3) is 0 Å². The van der Waals surface area contributed by atoms with Gasteiger partial charge in [0.2, 0.25) is 0 Å². The third-order valence-electron chi connectivity index (χ3n) is 4.08. The molecule has 0 aromatic heterocycles. The molecule has 1 atom stereocenters. The molecule has 1 saturated carbocycles. The molecule has 1 N–H and O–H groups in total. The summed E-state index contributed by atoms with van der Waals surface area (Å²) in [5.74, 6) is 3.71. The highest BCUT2D eigenvalue weighted by Gasteiger charge is 2.23. The van der Waals surface area contributed by atoms with Gasteiger partial charge in [-0.1, -0.05) is 19.3 Å². The third kappa shape index (κ3) is 3.67. The molecule has 0 bridgehead atoms. The lowest BCUT2D eigenvalue weighted by Crippen LogP contribution is -2.43. The Hall–Kier alpha value is 0.310. The van der Waals surface area contributed by atoms with Crippen molar-refractivity contribution in [3.8, 4) is 0 Å². The van der Waals surface area contributed by atoms with Crippen LogP contribution in [0.2, 0.25) is 0 Å². The Balaban J connectivity index is 1.72. The summed E-state index contributed by atoms with van der Waals surface area (Å²) in [6, 6.07) is 1.58. The fourth-order valence-corrected chi connectivity index (χ4v) is 4.11. The molecule has 1 aliphatic carbocycles. The molecule has 1 saturated heterocycles. The van der Waals surface area contributed by atoms with Crippen molar-refractivity contribution in [3.05, 3.63) is 0 Å². The summed E-state index contributed by atoms with van der Waals surface area (Å²) in [5.41, 5.74) is 0. The molecule has 1 nitrogen and oxygen atoms in total. The van der Waals surface area contributed by atoms with Crippen molar-refractivity contribution in [3.63, 3.8) is 0 Å². The van der Waals surface area contributed by atoms with Crippen molar-refractivity contribution >= 4 is 11.8 Å². The van der Waals surface area contributed by atoms with Crippen LogP contribution in [0.25, 0.3) is 0 Å². The first-order valence-corrected chi connectivity index (χ1v) is 7.85. The first kappa shape index (κ1) is 11.8. The summed E-state index contributed by atoms with van der Waals surface area (Å²) >= 11 is 2.12. The lowest BCUT2D eigenvalue weighted by molar-refractivity contribution is 0.259. The summed E-state index contributed by atoms with van der Waals surface area (Å²) in [4.78, 5) is 0. The summed E-state index contributed by atoms with van der Waals surface area (Å²) in [7, 11) is 0. The highest BCUT2D eigenvalue weighted by Crippen LogP contribution is 2.27. The van der Waals surface area contributed by atoms with Crippen LogP contribution in [0.15, 0.2) is 0 Å². The smallest absolute Gasteiger partial charge is 0.00853 e. The van der Waals surface area contributed by atoms with Gasteiger partial charge >= 0.3 is 0 Å². The molecule has 0 aromatic carbocycles. The second-order valence-electron chi connectivity index (χ2n) is 5.24. The van der Waals surface area contributed by atoms with Gasteiger partial charge in [-0.05, 0) is 50.0 Å². The van der Waals surface area contributed by atoms with E-state index in [1.54, 1.807) is 0 Å². The largest absolute Gasteiger partial charge is 0.311 e. The van der Waals surface area contributed by atoms with Crippen LogP contribution in [0.1, 0.15) is 51.9 Å². The van der Waals surface area contributed by atoms with Gasteiger partial charge in [0.05, 0.1) is 0 Å². The van der Waals surface area contributed by atoms with Crippen molar-refractivity contribution < 1.29 is 0 Å². The van der Waals surface area contributed by atoms with E-state index < -0.39 is 0 Å². The van der Waals surface area contributed by atoms with Crippen LogP contribution in [0.3, 0.4) is 0 Å². The minimum atomic E-state index is 0.762. The zero-order valence-corrected chi connectivity index (χ0v) is 10.8. The van der Waals surface area contributed by atoms with Gasteiger partial charge in [-0.3, -0.25) is 0 Å². The number of rotatable bonds is 3. The summed E-state index contributed by atoms with van der Waals surface area (Å²) in [6.45, 7) is 2.41. The van der Waals surface area contributed by atoms with Gasteiger partial charge in [0, 0.05) is 12.1 Å². The minimum Gasteiger partial charge on any atom is -0.311 e. The third-order valence-corrected chi connectivity index (χ3v) is 5.13. The van der Waals surface area contributed by atoms with Gasteiger partial charge in [0.1, 0.15) is 0 Å². The normalized spacial score (nSPS) is 27.8. The second kappa shape index (κ2) is 6.15. The second-order valence-corrected chi connectivity index (χ2v) is 6.46. The topological polar surface area (TPSA) is 12.0 Å². The van der Waals surface area contributed by atoms with Crippen molar-refractivity contribution in [2.24, 2.45) is 5.92 Å². The first-order chi connectivity index (χ1) is 7.36. The SMILES string of the molecule is C[C@@H](NC1CCSCC1)C1CCCCC1. The van der Waals surface area contributed by atoms with Crippen LogP contribution in [0.5, 0.6) is 0 Å². The zero-order valence-electron chi connectivity index (χ0n) is 10.0. The summed E-state index contributed by atoms with van der Waals surface area (Å²) in [6.07, 6.45) is 10.1. The molecule has 88 valence electrons. The Labute approximate surface area is 98.8 Å². The van der Waals surface area contributed by atoms with E-state index in [0.29, 0.717) is 0 Å². The van der Waals surface area contributed by atoms with E-state index in [-0.39, 0.29) is 0 Å². The molecule has 1 aliphatic heterocycles. The predicted octanol–water partition coefficient (Wildman–Crippen LogP) is 3.44. The molecule has 0 unspecified atom stereocenters. The van der Waals surface area contributed by atoms with Gasteiger partial charge in [-0.15, -0.1) is 0 Å². The highest BCUT2D eigenvalue weighted by atomic mass is 32.2. The van der Waals surface area contributed by atoms with E-state index in [1.165, 1.54) is 56.5 Å². The Bertz CT molecular complexity index is 171. The highest BCUT2D eigenvalue weighted by molar-refractivity contribution is 7.99. The van der Waals surface area contributed by atoms with Crippen molar-refractivity contribution in [2.75, 3.05) is 11.5 Å². The Kier molecular flexibility index (Phi) is 4.83. The fraction of sp³-hybridized carbons (Fsp3) is 1.00. The number of hydrogen-bond acceptors (Lipinski definition) is 2. The lowest BCUT2D eigenvalue weighted by Gasteiger charge is -2.33. The van der Waals surface area contributed by atoms with Crippen molar-refractivity contribution in [1.29, 1.82) is 0 Å². The summed E-state index contributed by atoms with van der Waals surface area (Å²) in [5, 5.41) is 3.88. The van der Waals surface area contributed by atoms with Gasteiger partial charge < -0.3 is 5.32 Å². The minimum absolute atomic E-state index is 0.762. The quantitative estimate of drug-likeness (QED) is 0.792. The maximum atomic E-state index is 3.88. The zero-order chi connectivity index (χ0) is 10.5. The Morgan fingerprint density at radius 1 is 1.00 bits per heavy atom. The maximum Gasteiger partial charge on any atom is 0.00853 e. The van der Waals surface area contributed by atoms with E-state index in [0.717, 1.165) is 18.0 Å². The molecule has 0 spiro atoms. The molecule has 2 heteroatoms. The van der Waals surface area contributed by atoms with Crippen molar-refractivity contribution in [2.45, 2.75) is 64.0 Å². The first-order valence-electron chi connectivity index (χ1n) is 6.70. The molecule has 0 radical (unpaired) electrons. The van der Waals surface area contributed by atoms with Gasteiger partial charge in [-0.2, -0.15) is 11.8 Å². The number of thioether (sulfide) groups is 1. The standard InChI is InChI=1S/C13H25NS/c1-11(12-5-3-2-4-6-12)14-13-7-9-15-10-8-13/h11-14H,2-10H2,1H3/t11-/m1/s1. The molecule has 0 amide bonds. The fourth-order valence-electron chi connectivity index (χ4n) is 3.01. The Morgan fingerprint density at radius 2 is 1.67 bits per heavy atom. The number of hydrogen-bond donors (Lipinski definition) is 1. The van der Waals surface area contributed by atoms with E-state index in [2.05, 4.69) is 24.0 Å². The van der Waals surface area contributed by atoms with Gasteiger partial charge in [-0.25, -0.2) is 0 Å². The molecule has 2 fully saturated rings. The van der Waals surface area contributed by atoms with Crippen LogP contribution < -0.4 is 5.32 Å². The average Bonchev–Trinajstić information content (AvgIpc) is 2.31. The lowest BCUT2D eigenvalue weighted by atomic mass is 9.84. The molecule has 0 aromatic rings. The van der Waals surface area contributed by atoms with Gasteiger partial charge in [0.15, 0.2) is 0 Å². The predicted molar refractivity (Wildman–Crippen MR) is 69.5 cm³/mol. The van der Waals surface area contributed by atoms with E-state index in [9.17, 15) is 0 Å². The molecule has 15 heavy (non-hydrogen) atoms. The monoisotopic (exact) mass is 227 g/mol. The number of nitrogens with one attached hydrogen (secondary N) is 1. The van der Waals surface area contributed by atoms with E-state index in [1.807, 2.05) is 0 Å². The maximum absolute atomic E-state index is 3.88. The van der Waals surface area contributed by atoms with Crippen LogP contribution in [0.4, 0.5) is 0 Å². The molecular formula is C13H25NS. The molecule has 2 aliphatic rings. The molecule has 2 rings (SSSR count). The van der Waals surface area contributed by atoms with Crippen LogP contribution >= 0.6 is 11.8 Å². The van der Waals surface area contributed by atoms with Crippen molar-refractivity contribution in [1.82, 2.24) is 5.32 Å².